The highest BCUT2D eigenvalue weighted by Crippen LogP contribution is 2.23. The molecule has 0 fully saturated rings. The van der Waals surface area contributed by atoms with Gasteiger partial charge in [-0.1, -0.05) is 12.2 Å². The summed E-state index contributed by atoms with van der Waals surface area (Å²) in [6, 6.07) is 0. The Hall–Kier alpha value is -1.42. The third-order valence-electron chi connectivity index (χ3n) is 3.01. The number of ether oxygens (including phenoxy) is 1. The Morgan fingerprint density at radius 3 is 3.06 bits per heavy atom. The normalized spacial score (nSPS) is 14.1. The Bertz CT molecular complexity index is 418. The molecule has 1 N–H and O–H groups in total. The van der Waals surface area contributed by atoms with Gasteiger partial charge in [0.15, 0.2) is 0 Å². The molecule has 1 aliphatic carbocycles. The molecule has 0 bridgehead atoms. The number of rotatable bonds is 6. The standard InChI is InChI=1S/C14H21N3O/c1-11(2)9-18-8-7-15-14-12-5-3-4-6-13(12)16-10-17-14/h10H,1,3-9H2,2H3,(H,15,16,17). The summed E-state index contributed by atoms with van der Waals surface area (Å²) in [5.74, 6) is 0.985. The molecule has 1 aromatic rings. The molecule has 4 nitrogen and oxygen atoms in total. The lowest BCUT2D eigenvalue weighted by atomic mass is 9.96. The second-order valence-electron chi connectivity index (χ2n) is 4.79. The molecule has 0 saturated carbocycles. The molecule has 18 heavy (non-hydrogen) atoms. The number of nitrogens with one attached hydrogen (secondary N) is 1. The molecule has 2 rings (SSSR count). The summed E-state index contributed by atoms with van der Waals surface area (Å²) >= 11 is 0. The second kappa shape index (κ2) is 6.50. The van der Waals surface area contributed by atoms with E-state index in [1.165, 1.54) is 24.1 Å². The van der Waals surface area contributed by atoms with Gasteiger partial charge in [-0.2, -0.15) is 0 Å². The van der Waals surface area contributed by atoms with E-state index in [0.717, 1.165) is 30.8 Å². The average Bonchev–Trinajstić information content (AvgIpc) is 2.38. The van der Waals surface area contributed by atoms with Crippen LogP contribution in [0.4, 0.5) is 5.82 Å². The number of aryl methyl sites for hydroxylation is 1. The fraction of sp³-hybridized carbons (Fsp3) is 0.571. The van der Waals surface area contributed by atoms with E-state index in [-0.39, 0.29) is 0 Å². The number of hydrogen-bond donors (Lipinski definition) is 1. The molecule has 0 aliphatic heterocycles. The molecule has 4 heteroatoms. The van der Waals surface area contributed by atoms with Crippen LogP contribution >= 0.6 is 0 Å². The Morgan fingerprint density at radius 1 is 1.39 bits per heavy atom. The monoisotopic (exact) mass is 247 g/mol. The molecule has 1 aromatic heterocycles. The number of hydrogen-bond acceptors (Lipinski definition) is 4. The van der Waals surface area contributed by atoms with Gasteiger partial charge in [0.05, 0.1) is 13.2 Å². The molecule has 0 aromatic carbocycles. The molecule has 98 valence electrons. The Morgan fingerprint density at radius 2 is 2.22 bits per heavy atom. The van der Waals surface area contributed by atoms with Crippen molar-refractivity contribution in [3.63, 3.8) is 0 Å². The summed E-state index contributed by atoms with van der Waals surface area (Å²) < 4.78 is 5.46. The Labute approximate surface area is 108 Å². The van der Waals surface area contributed by atoms with Crippen molar-refractivity contribution >= 4 is 5.82 Å². The lowest BCUT2D eigenvalue weighted by molar-refractivity contribution is 0.167. The van der Waals surface area contributed by atoms with E-state index in [0.29, 0.717) is 13.2 Å². The van der Waals surface area contributed by atoms with E-state index < -0.39 is 0 Å². The van der Waals surface area contributed by atoms with Gasteiger partial charge in [-0.05, 0) is 32.6 Å². The highest BCUT2D eigenvalue weighted by Gasteiger charge is 2.14. The SMILES string of the molecule is C=C(C)COCCNc1ncnc2c1CCCC2. The molecule has 0 amide bonds. The number of nitrogens with zero attached hydrogens (tertiary/aromatic N) is 2. The quantitative estimate of drug-likeness (QED) is 0.619. The molecule has 0 saturated heterocycles. The summed E-state index contributed by atoms with van der Waals surface area (Å²) in [7, 11) is 0. The topological polar surface area (TPSA) is 47.0 Å². The summed E-state index contributed by atoms with van der Waals surface area (Å²) in [5, 5.41) is 3.34. The lowest BCUT2D eigenvalue weighted by Gasteiger charge is -2.18. The smallest absolute Gasteiger partial charge is 0.132 e. The fourth-order valence-corrected chi connectivity index (χ4v) is 2.16. The minimum absolute atomic E-state index is 0.629. The van der Waals surface area contributed by atoms with Gasteiger partial charge in [-0.25, -0.2) is 9.97 Å². The van der Waals surface area contributed by atoms with Crippen LogP contribution in [0.25, 0.3) is 0 Å². The van der Waals surface area contributed by atoms with Crippen LogP contribution in [0.15, 0.2) is 18.5 Å². The van der Waals surface area contributed by atoms with E-state index in [2.05, 4.69) is 21.9 Å². The summed E-state index contributed by atoms with van der Waals surface area (Å²) in [5.41, 5.74) is 3.56. The molecule has 0 radical (unpaired) electrons. The van der Waals surface area contributed by atoms with E-state index >= 15 is 0 Å². The van der Waals surface area contributed by atoms with E-state index in [9.17, 15) is 0 Å². The van der Waals surface area contributed by atoms with Gasteiger partial charge in [0.2, 0.25) is 0 Å². The highest BCUT2D eigenvalue weighted by atomic mass is 16.5. The van der Waals surface area contributed by atoms with Crippen LogP contribution < -0.4 is 5.32 Å². The van der Waals surface area contributed by atoms with Crippen molar-refractivity contribution < 1.29 is 4.74 Å². The van der Waals surface area contributed by atoms with Crippen molar-refractivity contribution in [1.82, 2.24) is 9.97 Å². The van der Waals surface area contributed by atoms with Crippen molar-refractivity contribution in [3.8, 4) is 0 Å². The first-order valence-corrected chi connectivity index (χ1v) is 6.56. The molecular formula is C14H21N3O. The summed E-state index contributed by atoms with van der Waals surface area (Å²) in [6.07, 6.45) is 6.30. The van der Waals surface area contributed by atoms with Crippen LogP contribution in [-0.2, 0) is 17.6 Å². The molecule has 0 spiro atoms. The van der Waals surface area contributed by atoms with Crippen molar-refractivity contribution in [3.05, 3.63) is 29.7 Å². The summed E-state index contributed by atoms with van der Waals surface area (Å²) in [4.78, 5) is 8.68. The van der Waals surface area contributed by atoms with Gasteiger partial charge in [-0.3, -0.25) is 0 Å². The minimum atomic E-state index is 0.629. The van der Waals surface area contributed by atoms with Gasteiger partial charge < -0.3 is 10.1 Å². The zero-order chi connectivity index (χ0) is 12.8. The van der Waals surface area contributed by atoms with Crippen molar-refractivity contribution in [2.75, 3.05) is 25.1 Å². The molecular weight excluding hydrogens is 226 g/mol. The maximum Gasteiger partial charge on any atom is 0.132 e. The Balaban J connectivity index is 1.84. The third kappa shape index (κ3) is 3.53. The molecule has 1 heterocycles. The van der Waals surface area contributed by atoms with Gasteiger partial charge in [-0.15, -0.1) is 0 Å². The van der Waals surface area contributed by atoms with E-state index in [1.54, 1.807) is 6.33 Å². The highest BCUT2D eigenvalue weighted by molar-refractivity contribution is 5.46. The van der Waals surface area contributed by atoms with Crippen molar-refractivity contribution in [2.45, 2.75) is 32.6 Å². The predicted molar refractivity (Wildman–Crippen MR) is 72.8 cm³/mol. The number of anilines is 1. The first-order valence-electron chi connectivity index (χ1n) is 6.56. The molecule has 0 atom stereocenters. The number of fused-ring (bicyclic) bond motifs is 1. The van der Waals surface area contributed by atoms with Gasteiger partial charge in [0.1, 0.15) is 12.1 Å². The van der Waals surface area contributed by atoms with Gasteiger partial charge >= 0.3 is 0 Å². The maximum absolute atomic E-state index is 5.46. The van der Waals surface area contributed by atoms with Crippen LogP contribution in [0.1, 0.15) is 31.0 Å². The predicted octanol–water partition coefficient (Wildman–Crippen LogP) is 2.36. The van der Waals surface area contributed by atoms with Crippen LogP contribution in [0, 0.1) is 0 Å². The van der Waals surface area contributed by atoms with Crippen LogP contribution in [0.5, 0.6) is 0 Å². The second-order valence-corrected chi connectivity index (χ2v) is 4.79. The van der Waals surface area contributed by atoms with Crippen molar-refractivity contribution in [1.29, 1.82) is 0 Å². The zero-order valence-electron chi connectivity index (χ0n) is 11.0. The first-order chi connectivity index (χ1) is 8.77. The van der Waals surface area contributed by atoms with E-state index in [4.69, 9.17) is 4.74 Å². The van der Waals surface area contributed by atoms with Crippen LogP contribution in [0.3, 0.4) is 0 Å². The van der Waals surface area contributed by atoms with Crippen LogP contribution in [-0.4, -0.2) is 29.7 Å². The fourth-order valence-electron chi connectivity index (χ4n) is 2.16. The van der Waals surface area contributed by atoms with E-state index in [1.807, 2.05) is 6.92 Å². The largest absolute Gasteiger partial charge is 0.375 e. The number of aromatic nitrogens is 2. The first kappa shape index (κ1) is 13.0. The van der Waals surface area contributed by atoms with Crippen molar-refractivity contribution in [2.24, 2.45) is 0 Å². The van der Waals surface area contributed by atoms with Gasteiger partial charge in [0, 0.05) is 17.8 Å². The Kier molecular flexibility index (Phi) is 4.70. The zero-order valence-corrected chi connectivity index (χ0v) is 11.0. The summed E-state index contributed by atoms with van der Waals surface area (Å²) in [6.45, 7) is 7.84. The minimum Gasteiger partial charge on any atom is -0.375 e. The maximum atomic E-state index is 5.46. The molecule has 1 aliphatic rings. The van der Waals surface area contributed by atoms with Crippen LogP contribution in [0.2, 0.25) is 0 Å². The lowest BCUT2D eigenvalue weighted by Crippen LogP contribution is -2.15. The average molecular weight is 247 g/mol. The third-order valence-corrected chi connectivity index (χ3v) is 3.01. The molecule has 0 unspecified atom stereocenters. The van der Waals surface area contributed by atoms with Gasteiger partial charge in [0.25, 0.3) is 0 Å².